The standard InChI is InChI=1S/C26H21ClN4O3/c1-17-15-21(16-28-29-26(32)24-5-3-4-6-25(24)27)18(2)30(17)22-11-7-19(8-12-22)20-9-13-23(14-10-20)31(33)34/h3-16H,1-2H3,(H,29,32)/b28-16-. The number of hydrogen-bond donors (Lipinski definition) is 1. The first-order chi connectivity index (χ1) is 16.3. The van der Waals surface area contributed by atoms with E-state index in [1.165, 1.54) is 12.1 Å². The molecule has 1 amide bonds. The van der Waals surface area contributed by atoms with Crippen molar-refractivity contribution in [3.63, 3.8) is 0 Å². The molecule has 0 saturated carbocycles. The number of carbonyl (C=O) groups excluding carboxylic acids is 1. The lowest BCUT2D eigenvalue weighted by atomic mass is 10.0. The van der Waals surface area contributed by atoms with Crippen molar-refractivity contribution in [2.24, 2.45) is 5.10 Å². The van der Waals surface area contributed by atoms with Crippen LogP contribution in [0.25, 0.3) is 16.8 Å². The van der Waals surface area contributed by atoms with E-state index >= 15 is 0 Å². The summed E-state index contributed by atoms with van der Waals surface area (Å²) in [7, 11) is 0. The van der Waals surface area contributed by atoms with Crippen LogP contribution in [0.4, 0.5) is 5.69 Å². The lowest BCUT2D eigenvalue weighted by molar-refractivity contribution is -0.384. The zero-order chi connectivity index (χ0) is 24.2. The van der Waals surface area contributed by atoms with Gasteiger partial charge in [-0.3, -0.25) is 14.9 Å². The van der Waals surface area contributed by atoms with E-state index in [1.54, 1.807) is 42.6 Å². The zero-order valence-corrected chi connectivity index (χ0v) is 19.3. The molecule has 34 heavy (non-hydrogen) atoms. The lowest BCUT2D eigenvalue weighted by Crippen LogP contribution is -2.18. The molecule has 1 aromatic heterocycles. The average Bonchev–Trinajstić information content (AvgIpc) is 3.12. The van der Waals surface area contributed by atoms with Crippen LogP contribution in [-0.2, 0) is 0 Å². The summed E-state index contributed by atoms with van der Waals surface area (Å²) in [5, 5.41) is 15.3. The van der Waals surface area contributed by atoms with Crippen LogP contribution in [0.3, 0.4) is 0 Å². The van der Waals surface area contributed by atoms with Gasteiger partial charge in [0.2, 0.25) is 0 Å². The number of amides is 1. The molecule has 7 nitrogen and oxygen atoms in total. The van der Waals surface area contributed by atoms with E-state index < -0.39 is 4.92 Å². The minimum absolute atomic E-state index is 0.0659. The summed E-state index contributed by atoms with van der Waals surface area (Å²) in [4.78, 5) is 22.7. The van der Waals surface area contributed by atoms with E-state index in [0.717, 1.165) is 33.8 Å². The maximum atomic E-state index is 12.3. The van der Waals surface area contributed by atoms with Gasteiger partial charge in [-0.05, 0) is 67.4 Å². The van der Waals surface area contributed by atoms with Gasteiger partial charge in [0.15, 0.2) is 0 Å². The Bertz CT molecular complexity index is 1390. The van der Waals surface area contributed by atoms with Gasteiger partial charge < -0.3 is 4.57 Å². The smallest absolute Gasteiger partial charge is 0.272 e. The highest BCUT2D eigenvalue weighted by molar-refractivity contribution is 6.33. The van der Waals surface area contributed by atoms with E-state index in [9.17, 15) is 14.9 Å². The summed E-state index contributed by atoms with van der Waals surface area (Å²) in [5.41, 5.74) is 8.63. The van der Waals surface area contributed by atoms with Crippen molar-refractivity contribution in [1.82, 2.24) is 9.99 Å². The van der Waals surface area contributed by atoms with Crippen molar-refractivity contribution in [3.8, 4) is 16.8 Å². The van der Waals surface area contributed by atoms with Crippen LogP contribution in [-0.4, -0.2) is 21.6 Å². The van der Waals surface area contributed by atoms with Gasteiger partial charge in [-0.1, -0.05) is 35.9 Å². The second-order valence-corrected chi connectivity index (χ2v) is 8.10. The third-order valence-corrected chi connectivity index (χ3v) is 5.83. The molecule has 0 aliphatic heterocycles. The third kappa shape index (κ3) is 4.74. The number of nitro benzene ring substituents is 1. The third-order valence-electron chi connectivity index (χ3n) is 5.50. The van der Waals surface area contributed by atoms with Gasteiger partial charge in [-0.25, -0.2) is 5.43 Å². The van der Waals surface area contributed by atoms with Crippen molar-refractivity contribution in [2.75, 3.05) is 0 Å². The number of nitrogens with one attached hydrogen (secondary N) is 1. The average molecular weight is 473 g/mol. The minimum Gasteiger partial charge on any atom is -0.318 e. The van der Waals surface area contributed by atoms with Gasteiger partial charge in [-0.2, -0.15) is 5.10 Å². The lowest BCUT2D eigenvalue weighted by Gasteiger charge is -2.11. The highest BCUT2D eigenvalue weighted by Gasteiger charge is 2.12. The molecule has 170 valence electrons. The molecule has 0 radical (unpaired) electrons. The Kier molecular flexibility index (Phi) is 6.56. The van der Waals surface area contributed by atoms with Crippen molar-refractivity contribution in [3.05, 3.63) is 117 Å². The highest BCUT2D eigenvalue weighted by atomic mass is 35.5. The van der Waals surface area contributed by atoms with Crippen molar-refractivity contribution >= 4 is 29.4 Å². The molecule has 0 atom stereocenters. The molecule has 4 rings (SSSR count). The number of benzene rings is 3. The maximum absolute atomic E-state index is 12.3. The molecule has 0 spiro atoms. The fourth-order valence-corrected chi connectivity index (χ4v) is 3.98. The zero-order valence-electron chi connectivity index (χ0n) is 18.5. The van der Waals surface area contributed by atoms with Crippen LogP contribution in [0.5, 0.6) is 0 Å². The summed E-state index contributed by atoms with van der Waals surface area (Å²) >= 11 is 6.06. The van der Waals surface area contributed by atoms with Crippen LogP contribution < -0.4 is 5.43 Å². The number of carbonyl (C=O) groups is 1. The van der Waals surface area contributed by atoms with E-state index in [4.69, 9.17) is 11.6 Å². The van der Waals surface area contributed by atoms with Gasteiger partial charge in [0.05, 0.1) is 21.7 Å². The van der Waals surface area contributed by atoms with E-state index in [2.05, 4.69) is 15.1 Å². The van der Waals surface area contributed by atoms with Gasteiger partial charge in [0, 0.05) is 34.8 Å². The topological polar surface area (TPSA) is 89.5 Å². The normalized spacial score (nSPS) is 11.0. The van der Waals surface area contributed by atoms with Crippen LogP contribution >= 0.6 is 11.6 Å². The molecule has 0 bridgehead atoms. The molecule has 0 saturated heterocycles. The number of aromatic nitrogens is 1. The fourth-order valence-electron chi connectivity index (χ4n) is 3.76. The quantitative estimate of drug-likeness (QED) is 0.209. The Hall–Kier alpha value is -4.23. The number of aryl methyl sites for hydroxylation is 1. The van der Waals surface area contributed by atoms with Gasteiger partial charge in [0.1, 0.15) is 0 Å². The van der Waals surface area contributed by atoms with Gasteiger partial charge in [0.25, 0.3) is 11.6 Å². The number of hydrogen-bond acceptors (Lipinski definition) is 4. The van der Waals surface area contributed by atoms with Crippen LogP contribution in [0.2, 0.25) is 5.02 Å². The predicted octanol–water partition coefficient (Wildman–Crippen LogP) is 6.09. The van der Waals surface area contributed by atoms with Crippen molar-refractivity contribution < 1.29 is 9.72 Å². The number of nitrogens with zero attached hydrogens (tertiary/aromatic N) is 3. The Morgan fingerprint density at radius 2 is 1.62 bits per heavy atom. The summed E-state index contributed by atoms with van der Waals surface area (Å²) < 4.78 is 2.09. The maximum Gasteiger partial charge on any atom is 0.272 e. The second kappa shape index (κ2) is 9.72. The molecule has 8 heteroatoms. The Labute approximate surface area is 201 Å². The van der Waals surface area contributed by atoms with E-state index in [0.29, 0.717) is 10.6 Å². The molecule has 0 aliphatic carbocycles. The molecule has 0 unspecified atom stereocenters. The SMILES string of the molecule is Cc1cc(/C=N\NC(=O)c2ccccc2Cl)c(C)n1-c1ccc(-c2ccc([N+](=O)[O-])cc2)cc1. The predicted molar refractivity (Wildman–Crippen MR) is 134 cm³/mol. The summed E-state index contributed by atoms with van der Waals surface area (Å²) in [5.74, 6) is -0.377. The second-order valence-electron chi connectivity index (χ2n) is 7.69. The summed E-state index contributed by atoms with van der Waals surface area (Å²) in [6.07, 6.45) is 1.61. The number of halogens is 1. The largest absolute Gasteiger partial charge is 0.318 e. The summed E-state index contributed by atoms with van der Waals surface area (Å²) in [6, 6.07) is 23.2. The Morgan fingerprint density at radius 3 is 2.24 bits per heavy atom. The van der Waals surface area contributed by atoms with Crippen LogP contribution in [0, 0.1) is 24.0 Å². The molecule has 1 N–H and O–H groups in total. The first-order valence-corrected chi connectivity index (χ1v) is 10.8. The molecule has 0 fully saturated rings. The molecular formula is C26H21ClN4O3. The number of hydrazone groups is 1. The first kappa shape index (κ1) is 22.9. The van der Waals surface area contributed by atoms with Crippen molar-refractivity contribution in [2.45, 2.75) is 13.8 Å². The molecule has 1 heterocycles. The fraction of sp³-hybridized carbons (Fsp3) is 0.0769. The minimum atomic E-state index is -0.409. The number of rotatable bonds is 6. The molecule has 4 aromatic rings. The highest BCUT2D eigenvalue weighted by Crippen LogP contribution is 2.26. The molecule has 3 aromatic carbocycles. The van der Waals surface area contributed by atoms with Crippen molar-refractivity contribution in [1.29, 1.82) is 0 Å². The molecular weight excluding hydrogens is 452 g/mol. The van der Waals surface area contributed by atoms with Crippen LogP contribution in [0.1, 0.15) is 27.3 Å². The number of non-ortho nitro benzene ring substituents is 1. The Morgan fingerprint density at radius 1 is 1.00 bits per heavy atom. The molecule has 0 aliphatic rings. The Balaban J connectivity index is 1.52. The van der Waals surface area contributed by atoms with Crippen LogP contribution in [0.15, 0.2) is 84.0 Å². The monoisotopic (exact) mass is 472 g/mol. The first-order valence-electron chi connectivity index (χ1n) is 10.5. The van der Waals surface area contributed by atoms with Gasteiger partial charge in [-0.15, -0.1) is 0 Å². The van der Waals surface area contributed by atoms with Gasteiger partial charge >= 0.3 is 0 Å². The van der Waals surface area contributed by atoms with E-state index in [-0.39, 0.29) is 11.6 Å². The number of nitro groups is 1. The summed E-state index contributed by atoms with van der Waals surface area (Å²) in [6.45, 7) is 3.98. The van der Waals surface area contributed by atoms with E-state index in [1.807, 2.05) is 44.2 Å².